The smallest absolute Gasteiger partial charge is 0.238 e. The van der Waals surface area contributed by atoms with Crippen LogP contribution in [-0.2, 0) is 11.3 Å². The van der Waals surface area contributed by atoms with Crippen molar-refractivity contribution in [1.82, 2.24) is 9.80 Å². The number of amides is 1. The summed E-state index contributed by atoms with van der Waals surface area (Å²) in [6, 6.07) is 12.3. The van der Waals surface area contributed by atoms with E-state index in [9.17, 15) is 9.18 Å². The van der Waals surface area contributed by atoms with E-state index in [1.54, 1.807) is 6.07 Å². The Morgan fingerprint density at radius 2 is 1.73 bits per heavy atom. The number of nitrogens with one attached hydrogen (secondary N) is 1. The maximum atomic E-state index is 13.3. The van der Waals surface area contributed by atoms with Crippen molar-refractivity contribution in [2.45, 2.75) is 13.5 Å². The van der Waals surface area contributed by atoms with Crippen LogP contribution in [0.25, 0.3) is 0 Å². The molecule has 26 heavy (non-hydrogen) atoms. The number of hydrogen-bond donors (Lipinski definition) is 1. The average molecular weight is 376 g/mol. The molecule has 0 aromatic heterocycles. The van der Waals surface area contributed by atoms with E-state index in [-0.39, 0.29) is 11.7 Å². The molecular formula is C20H23ClFN3O. The zero-order valence-corrected chi connectivity index (χ0v) is 15.6. The van der Waals surface area contributed by atoms with Crippen LogP contribution in [0.3, 0.4) is 0 Å². The summed E-state index contributed by atoms with van der Waals surface area (Å²) in [5.74, 6) is -0.452. The standard InChI is InChI=1S/C20H23ClFN3O/c1-15-2-7-18(22)12-19(15)23-20(26)14-25-10-8-24(9-11-25)13-16-3-5-17(21)6-4-16/h2-7,12H,8-11,13-14H2,1H3,(H,23,26). The number of piperazine rings is 1. The second-order valence-corrected chi connectivity index (χ2v) is 7.12. The molecule has 138 valence electrons. The van der Waals surface area contributed by atoms with Gasteiger partial charge in [-0.1, -0.05) is 29.8 Å². The van der Waals surface area contributed by atoms with E-state index in [1.807, 2.05) is 31.2 Å². The van der Waals surface area contributed by atoms with Crippen molar-refractivity contribution in [3.8, 4) is 0 Å². The molecule has 2 aromatic rings. The van der Waals surface area contributed by atoms with Gasteiger partial charge in [0.1, 0.15) is 5.82 Å². The van der Waals surface area contributed by atoms with Crippen molar-refractivity contribution in [2.24, 2.45) is 0 Å². The molecule has 2 aromatic carbocycles. The van der Waals surface area contributed by atoms with Crippen molar-refractivity contribution in [2.75, 3.05) is 38.0 Å². The molecule has 1 amide bonds. The lowest BCUT2D eigenvalue weighted by Gasteiger charge is -2.34. The molecule has 1 N–H and O–H groups in total. The third-order valence-corrected chi connectivity index (χ3v) is 4.88. The molecule has 0 atom stereocenters. The number of carbonyl (C=O) groups excluding carboxylic acids is 1. The summed E-state index contributed by atoms with van der Waals surface area (Å²) in [5, 5.41) is 3.56. The Hall–Kier alpha value is -1.95. The number of halogens is 2. The van der Waals surface area contributed by atoms with Gasteiger partial charge in [-0.05, 0) is 42.3 Å². The summed E-state index contributed by atoms with van der Waals surface area (Å²) in [6.07, 6.45) is 0. The summed E-state index contributed by atoms with van der Waals surface area (Å²) in [7, 11) is 0. The minimum atomic E-state index is -0.346. The Kier molecular flexibility index (Phi) is 6.25. The fourth-order valence-electron chi connectivity index (χ4n) is 3.08. The fraction of sp³-hybridized carbons (Fsp3) is 0.350. The first kappa shape index (κ1) is 18.8. The van der Waals surface area contributed by atoms with Gasteiger partial charge in [0.05, 0.1) is 6.54 Å². The maximum Gasteiger partial charge on any atom is 0.238 e. The van der Waals surface area contributed by atoms with E-state index in [2.05, 4.69) is 15.1 Å². The number of rotatable bonds is 5. The van der Waals surface area contributed by atoms with Crippen LogP contribution in [0.2, 0.25) is 5.02 Å². The summed E-state index contributed by atoms with van der Waals surface area (Å²) in [5.41, 5.74) is 2.63. The first-order valence-electron chi connectivity index (χ1n) is 8.75. The van der Waals surface area contributed by atoms with Crippen molar-refractivity contribution < 1.29 is 9.18 Å². The van der Waals surface area contributed by atoms with Gasteiger partial charge >= 0.3 is 0 Å². The normalized spacial score (nSPS) is 15.8. The third kappa shape index (κ3) is 5.27. The third-order valence-electron chi connectivity index (χ3n) is 4.63. The number of benzene rings is 2. The lowest BCUT2D eigenvalue weighted by molar-refractivity contribution is -0.117. The SMILES string of the molecule is Cc1ccc(F)cc1NC(=O)CN1CCN(Cc2ccc(Cl)cc2)CC1. The molecule has 0 unspecified atom stereocenters. The number of hydrogen-bond acceptors (Lipinski definition) is 3. The van der Waals surface area contributed by atoms with E-state index < -0.39 is 0 Å². The zero-order valence-electron chi connectivity index (χ0n) is 14.8. The van der Waals surface area contributed by atoms with E-state index >= 15 is 0 Å². The van der Waals surface area contributed by atoms with Gasteiger partial charge in [0, 0.05) is 43.4 Å². The van der Waals surface area contributed by atoms with Crippen molar-refractivity contribution in [1.29, 1.82) is 0 Å². The van der Waals surface area contributed by atoms with Gasteiger partial charge in [-0.25, -0.2) is 4.39 Å². The Bertz CT molecular complexity index is 758. The number of anilines is 1. The van der Waals surface area contributed by atoms with Crippen LogP contribution < -0.4 is 5.32 Å². The molecule has 0 radical (unpaired) electrons. The Morgan fingerprint density at radius 3 is 2.42 bits per heavy atom. The Labute approximate surface area is 158 Å². The van der Waals surface area contributed by atoms with Crippen molar-refractivity contribution >= 4 is 23.2 Å². The highest BCUT2D eigenvalue weighted by Gasteiger charge is 2.19. The van der Waals surface area contributed by atoms with Gasteiger partial charge in [-0.3, -0.25) is 14.6 Å². The molecule has 0 spiro atoms. The van der Waals surface area contributed by atoms with Crippen LogP contribution in [0.5, 0.6) is 0 Å². The van der Waals surface area contributed by atoms with Crippen LogP contribution >= 0.6 is 11.6 Å². The van der Waals surface area contributed by atoms with Crippen molar-refractivity contribution in [3.63, 3.8) is 0 Å². The summed E-state index contributed by atoms with van der Waals surface area (Å²) < 4.78 is 13.3. The molecule has 1 aliphatic heterocycles. The average Bonchev–Trinajstić information content (AvgIpc) is 2.62. The van der Waals surface area contributed by atoms with Gasteiger partial charge in [-0.15, -0.1) is 0 Å². The fourth-order valence-corrected chi connectivity index (χ4v) is 3.20. The number of aryl methyl sites for hydroxylation is 1. The maximum absolute atomic E-state index is 13.3. The number of nitrogens with zero attached hydrogens (tertiary/aromatic N) is 2. The Morgan fingerprint density at radius 1 is 1.08 bits per heavy atom. The second kappa shape index (κ2) is 8.62. The van der Waals surface area contributed by atoms with Gasteiger partial charge in [0.2, 0.25) is 5.91 Å². The lowest BCUT2D eigenvalue weighted by Crippen LogP contribution is -2.48. The largest absolute Gasteiger partial charge is 0.325 e. The molecule has 3 rings (SSSR count). The molecule has 4 nitrogen and oxygen atoms in total. The predicted molar refractivity (Wildman–Crippen MR) is 103 cm³/mol. The minimum absolute atomic E-state index is 0.107. The topological polar surface area (TPSA) is 35.6 Å². The highest BCUT2D eigenvalue weighted by Crippen LogP contribution is 2.16. The van der Waals surface area contributed by atoms with E-state index in [1.165, 1.54) is 17.7 Å². The van der Waals surface area contributed by atoms with Crippen molar-refractivity contribution in [3.05, 3.63) is 64.4 Å². The van der Waals surface area contributed by atoms with E-state index in [4.69, 9.17) is 11.6 Å². The van der Waals surface area contributed by atoms with Crippen LogP contribution in [0, 0.1) is 12.7 Å². The molecule has 0 aliphatic carbocycles. The molecule has 1 aliphatic rings. The lowest BCUT2D eigenvalue weighted by atomic mass is 10.2. The first-order chi connectivity index (χ1) is 12.5. The van der Waals surface area contributed by atoms with Gasteiger partial charge in [-0.2, -0.15) is 0 Å². The first-order valence-corrected chi connectivity index (χ1v) is 9.12. The van der Waals surface area contributed by atoms with Crippen LogP contribution in [0.4, 0.5) is 10.1 Å². The number of carbonyl (C=O) groups is 1. The van der Waals surface area contributed by atoms with Crippen LogP contribution in [0.15, 0.2) is 42.5 Å². The highest BCUT2D eigenvalue weighted by molar-refractivity contribution is 6.30. The summed E-state index contributed by atoms with van der Waals surface area (Å²) >= 11 is 5.92. The molecule has 1 heterocycles. The minimum Gasteiger partial charge on any atom is -0.325 e. The van der Waals surface area contributed by atoms with E-state index in [0.717, 1.165) is 43.3 Å². The second-order valence-electron chi connectivity index (χ2n) is 6.69. The molecule has 6 heteroatoms. The molecule has 1 fully saturated rings. The molecular weight excluding hydrogens is 353 g/mol. The van der Waals surface area contributed by atoms with Gasteiger partial charge < -0.3 is 5.32 Å². The molecule has 1 saturated heterocycles. The predicted octanol–water partition coefficient (Wildman–Crippen LogP) is 3.54. The summed E-state index contributed by atoms with van der Waals surface area (Å²) in [6.45, 7) is 6.56. The Balaban J connectivity index is 1.45. The van der Waals surface area contributed by atoms with E-state index in [0.29, 0.717) is 12.2 Å². The molecule has 0 saturated carbocycles. The van der Waals surface area contributed by atoms with Crippen LogP contribution in [0.1, 0.15) is 11.1 Å². The van der Waals surface area contributed by atoms with Gasteiger partial charge in [0.25, 0.3) is 0 Å². The van der Waals surface area contributed by atoms with Gasteiger partial charge in [0.15, 0.2) is 0 Å². The zero-order chi connectivity index (χ0) is 18.5. The highest BCUT2D eigenvalue weighted by atomic mass is 35.5. The quantitative estimate of drug-likeness (QED) is 0.868. The molecule has 0 bridgehead atoms. The summed E-state index contributed by atoms with van der Waals surface area (Å²) in [4.78, 5) is 16.7. The van der Waals surface area contributed by atoms with Crippen LogP contribution in [-0.4, -0.2) is 48.4 Å². The monoisotopic (exact) mass is 375 g/mol.